The molecule has 0 amide bonds. The van der Waals surface area contributed by atoms with Crippen LogP contribution in [-0.4, -0.2) is 52.1 Å². The van der Waals surface area contributed by atoms with Gasteiger partial charge in [0.1, 0.15) is 11.6 Å². The summed E-state index contributed by atoms with van der Waals surface area (Å²) in [6, 6.07) is 1.74. The summed E-state index contributed by atoms with van der Waals surface area (Å²) in [4.78, 5) is 23.9. The van der Waals surface area contributed by atoms with Crippen LogP contribution in [0.4, 0.5) is 5.82 Å². The molecule has 6 nitrogen and oxygen atoms in total. The van der Waals surface area contributed by atoms with Crippen molar-refractivity contribution in [2.45, 2.75) is 32.7 Å². The van der Waals surface area contributed by atoms with Gasteiger partial charge in [0.25, 0.3) is 5.56 Å². The Morgan fingerprint density at radius 2 is 2.10 bits per heavy atom. The first-order valence-electron chi connectivity index (χ1n) is 7.43. The molecule has 1 aliphatic rings. The molecule has 1 aromatic heterocycles. The molecule has 0 aliphatic carbocycles. The van der Waals surface area contributed by atoms with Crippen molar-refractivity contribution in [1.82, 2.24) is 14.9 Å². The molecule has 2 heterocycles. The van der Waals surface area contributed by atoms with Gasteiger partial charge in [0.2, 0.25) is 0 Å². The van der Waals surface area contributed by atoms with Crippen LogP contribution in [0.1, 0.15) is 26.1 Å². The molecule has 3 N–H and O–H groups in total. The van der Waals surface area contributed by atoms with E-state index >= 15 is 0 Å². The molecule has 0 aromatic carbocycles. The van der Waals surface area contributed by atoms with Crippen LogP contribution in [0.25, 0.3) is 0 Å². The summed E-state index contributed by atoms with van der Waals surface area (Å²) in [6.45, 7) is 7.51. The zero-order valence-electron chi connectivity index (χ0n) is 12.6. The molecule has 1 aliphatic heterocycles. The molecular formula is C14H23N5OS. The minimum atomic E-state index is -0.0890. The third-order valence-corrected chi connectivity index (χ3v) is 4.18. The van der Waals surface area contributed by atoms with Gasteiger partial charge in [-0.2, -0.15) is 0 Å². The Bertz CT molecular complexity index is 551. The molecule has 2 rings (SSSR count). The first kappa shape index (κ1) is 15.9. The minimum Gasteiger partial charge on any atom is -0.392 e. The lowest BCUT2D eigenvalue weighted by Crippen LogP contribution is -2.53. The van der Waals surface area contributed by atoms with Gasteiger partial charge in [-0.3, -0.25) is 9.69 Å². The van der Waals surface area contributed by atoms with Gasteiger partial charge in [-0.15, -0.1) is 0 Å². The Balaban J connectivity index is 2.05. The van der Waals surface area contributed by atoms with E-state index in [2.05, 4.69) is 26.7 Å². The summed E-state index contributed by atoms with van der Waals surface area (Å²) in [6.07, 6.45) is 1.65. The molecule has 0 saturated carbocycles. The number of H-pyrrole nitrogens is 1. The highest BCUT2D eigenvalue weighted by atomic mass is 32.1. The summed E-state index contributed by atoms with van der Waals surface area (Å²) < 4.78 is 0. The standard InChI is InChI=1S/C14H23N5OS/c1-3-10(14(15)21)18-5-7-19(8-6-18)12-9-13(20)17-11(4-2)16-12/h9-10H,3-8H2,1-2H3,(H2,15,21)(H,16,17,20). The first-order valence-corrected chi connectivity index (χ1v) is 7.84. The van der Waals surface area contributed by atoms with Crippen LogP contribution >= 0.6 is 12.2 Å². The molecule has 1 atom stereocenters. The van der Waals surface area contributed by atoms with Gasteiger partial charge >= 0.3 is 0 Å². The average molecular weight is 309 g/mol. The molecule has 1 fully saturated rings. The number of anilines is 1. The first-order chi connectivity index (χ1) is 10.0. The van der Waals surface area contributed by atoms with E-state index < -0.39 is 0 Å². The second-order valence-electron chi connectivity index (χ2n) is 5.25. The third kappa shape index (κ3) is 3.79. The predicted octanol–water partition coefficient (Wildman–Crippen LogP) is 0.519. The van der Waals surface area contributed by atoms with Crippen LogP contribution in [-0.2, 0) is 6.42 Å². The van der Waals surface area contributed by atoms with E-state index in [1.54, 1.807) is 6.07 Å². The Labute approximate surface area is 130 Å². The van der Waals surface area contributed by atoms with Gasteiger partial charge in [-0.1, -0.05) is 26.1 Å². The highest BCUT2D eigenvalue weighted by molar-refractivity contribution is 7.80. The topological polar surface area (TPSA) is 78.2 Å². The van der Waals surface area contributed by atoms with Crippen LogP contribution in [0.3, 0.4) is 0 Å². The maximum atomic E-state index is 11.7. The molecule has 1 saturated heterocycles. The lowest BCUT2D eigenvalue weighted by molar-refractivity contribution is 0.224. The van der Waals surface area contributed by atoms with E-state index in [0.717, 1.165) is 50.7 Å². The van der Waals surface area contributed by atoms with Crippen LogP contribution in [0, 0.1) is 0 Å². The quantitative estimate of drug-likeness (QED) is 0.772. The lowest BCUT2D eigenvalue weighted by atomic mass is 10.1. The number of thiocarbonyl (C=S) groups is 1. The molecule has 0 spiro atoms. The Hall–Kier alpha value is -1.47. The number of hydrogen-bond donors (Lipinski definition) is 2. The van der Waals surface area contributed by atoms with Crippen LogP contribution in [0.15, 0.2) is 10.9 Å². The largest absolute Gasteiger partial charge is 0.392 e. The molecule has 0 bridgehead atoms. The van der Waals surface area contributed by atoms with Crippen LogP contribution in [0.2, 0.25) is 0 Å². The average Bonchev–Trinajstić information content (AvgIpc) is 2.47. The van der Waals surface area contributed by atoms with Gasteiger partial charge in [0, 0.05) is 38.7 Å². The number of aromatic amines is 1. The Morgan fingerprint density at radius 1 is 1.43 bits per heavy atom. The van der Waals surface area contributed by atoms with Gasteiger partial charge in [-0.05, 0) is 6.42 Å². The molecule has 7 heteroatoms. The van der Waals surface area contributed by atoms with Crippen LogP contribution < -0.4 is 16.2 Å². The summed E-state index contributed by atoms with van der Waals surface area (Å²) in [5.74, 6) is 1.49. The molecule has 0 radical (unpaired) electrons. The Morgan fingerprint density at radius 3 is 2.62 bits per heavy atom. The minimum absolute atomic E-state index is 0.0890. The van der Waals surface area contributed by atoms with E-state index in [9.17, 15) is 4.79 Å². The molecule has 21 heavy (non-hydrogen) atoms. The predicted molar refractivity (Wildman–Crippen MR) is 88.9 cm³/mol. The van der Waals surface area contributed by atoms with Crippen LogP contribution in [0.5, 0.6) is 0 Å². The highest BCUT2D eigenvalue weighted by Crippen LogP contribution is 2.15. The number of nitrogens with two attached hydrogens (primary N) is 1. The molecule has 1 unspecified atom stereocenters. The molecule has 1 aromatic rings. The fourth-order valence-corrected chi connectivity index (χ4v) is 3.04. The van der Waals surface area contributed by atoms with Crippen molar-refractivity contribution in [2.75, 3.05) is 31.1 Å². The number of nitrogens with zero attached hydrogens (tertiary/aromatic N) is 3. The number of aromatic nitrogens is 2. The molecule has 116 valence electrons. The van der Waals surface area contributed by atoms with Gasteiger partial charge < -0.3 is 15.6 Å². The highest BCUT2D eigenvalue weighted by Gasteiger charge is 2.25. The monoisotopic (exact) mass is 309 g/mol. The van der Waals surface area contributed by atoms with E-state index in [1.807, 2.05) is 6.92 Å². The Kier molecular flexibility index (Phi) is 5.30. The summed E-state index contributed by atoms with van der Waals surface area (Å²) >= 11 is 5.13. The van der Waals surface area contributed by atoms with Crippen molar-refractivity contribution in [2.24, 2.45) is 5.73 Å². The van der Waals surface area contributed by atoms with E-state index in [4.69, 9.17) is 18.0 Å². The second kappa shape index (κ2) is 7.00. The van der Waals surface area contributed by atoms with Crippen molar-refractivity contribution in [3.05, 3.63) is 22.2 Å². The fraction of sp³-hybridized carbons (Fsp3) is 0.643. The van der Waals surface area contributed by atoms with E-state index in [0.29, 0.717) is 4.99 Å². The summed E-state index contributed by atoms with van der Waals surface area (Å²) in [5, 5.41) is 0. The van der Waals surface area contributed by atoms with E-state index in [-0.39, 0.29) is 11.6 Å². The van der Waals surface area contributed by atoms with Crippen molar-refractivity contribution < 1.29 is 0 Å². The maximum absolute atomic E-state index is 11.7. The number of piperazine rings is 1. The van der Waals surface area contributed by atoms with Gasteiger partial charge in [-0.25, -0.2) is 4.98 Å². The number of rotatable bonds is 5. The summed E-state index contributed by atoms with van der Waals surface area (Å²) in [5.41, 5.74) is 5.71. The smallest absolute Gasteiger partial charge is 0.252 e. The normalized spacial score (nSPS) is 17.7. The molecular weight excluding hydrogens is 286 g/mol. The third-order valence-electron chi connectivity index (χ3n) is 3.91. The van der Waals surface area contributed by atoms with Crippen molar-refractivity contribution in [3.63, 3.8) is 0 Å². The van der Waals surface area contributed by atoms with Gasteiger partial charge in [0.15, 0.2) is 0 Å². The SMILES string of the molecule is CCc1nc(N2CCN(C(CC)C(N)=S)CC2)cc(=O)[nH]1. The lowest BCUT2D eigenvalue weighted by Gasteiger charge is -2.39. The van der Waals surface area contributed by atoms with Crippen molar-refractivity contribution >= 4 is 23.0 Å². The number of hydrogen-bond acceptors (Lipinski definition) is 5. The number of aryl methyl sites for hydroxylation is 1. The van der Waals surface area contributed by atoms with Crippen molar-refractivity contribution in [3.8, 4) is 0 Å². The second-order valence-corrected chi connectivity index (χ2v) is 5.72. The zero-order valence-corrected chi connectivity index (χ0v) is 13.4. The zero-order chi connectivity index (χ0) is 15.4. The van der Waals surface area contributed by atoms with E-state index in [1.165, 1.54) is 0 Å². The van der Waals surface area contributed by atoms with Crippen molar-refractivity contribution in [1.29, 1.82) is 0 Å². The van der Waals surface area contributed by atoms with Gasteiger partial charge in [0.05, 0.1) is 11.0 Å². The fourth-order valence-electron chi connectivity index (χ4n) is 2.73. The summed E-state index contributed by atoms with van der Waals surface area (Å²) in [7, 11) is 0. The maximum Gasteiger partial charge on any atom is 0.252 e. The number of nitrogens with one attached hydrogen (secondary N) is 1.